The van der Waals surface area contributed by atoms with Crippen LogP contribution in [0.4, 0.5) is 0 Å². The van der Waals surface area contributed by atoms with Crippen LogP contribution in [-0.4, -0.2) is 4.98 Å². The van der Waals surface area contributed by atoms with Gasteiger partial charge in [0.2, 0.25) is 0 Å². The molecule has 0 bridgehead atoms. The molecule has 0 fully saturated rings. The van der Waals surface area contributed by atoms with Gasteiger partial charge >= 0.3 is 0 Å². The van der Waals surface area contributed by atoms with Crippen LogP contribution in [0.2, 0.25) is 0 Å². The van der Waals surface area contributed by atoms with Crippen LogP contribution in [0.25, 0.3) is 10.9 Å². The van der Waals surface area contributed by atoms with E-state index in [-0.39, 0.29) is 0 Å². The van der Waals surface area contributed by atoms with Crippen molar-refractivity contribution in [2.24, 2.45) is 0 Å². The molecule has 0 saturated heterocycles. The van der Waals surface area contributed by atoms with Crippen molar-refractivity contribution in [3.05, 3.63) is 41.6 Å². The molecule has 0 radical (unpaired) electrons. The van der Waals surface area contributed by atoms with Crippen LogP contribution in [0.15, 0.2) is 30.3 Å². The van der Waals surface area contributed by atoms with E-state index in [1.807, 2.05) is 37.3 Å². The number of rotatable bonds is 1. The van der Waals surface area contributed by atoms with Gasteiger partial charge in [0, 0.05) is 11.1 Å². The Morgan fingerprint density at radius 2 is 1.93 bits per heavy atom. The molecule has 0 spiro atoms. The van der Waals surface area contributed by atoms with E-state index >= 15 is 0 Å². The molecule has 72 valence electrons. The van der Waals surface area contributed by atoms with E-state index in [1.165, 1.54) is 0 Å². The summed E-state index contributed by atoms with van der Waals surface area (Å²) in [6.07, 6.45) is 0. The SMILES string of the molecule is Cc1ccc2cc(C(Cl)Cl)ccc2n1. The highest BCUT2D eigenvalue weighted by atomic mass is 35.5. The monoisotopic (exact) mass is 225 g/mol. The number of nitrogens with zero attached hydrogens (tertiary/aromatic N) is 1. The molecule has 1 aromatic heterocycles. The van der Waals surface area contributed by atoms with Crippen molar-refractivity contribution >= 4 is 34.1 Å². The summed E-state index contributed by atoms with van der Waals surface area (Å²) in [5.41, 5.74) is 2.90. The predicted molar refractivity (Wildman–Crippen MR) is 60.9 cm³/mol. The van der Waals surface area contributed by atoms with E-state index in [1.54, 1.807) is 0 Å². The number of fused-ring (bicyclic) bond motifs is 1. The first-order valence-corrected chi connectivity index (χ1v) is 5.19. The first kappa shape index (κ1) is 9.75. The fraction of sp³-hybridized carbons (Fsp3) is 0.182. The Morgan fingerprint density at radius 3 is 2.64 bits per heavy atom. The molecular formula is C11H9Cl2N. The third-order valence-corrected chi connectivity index (χ3v) is 2.61. The van der Waals surface area contributed by atoms with Crippen LogP contribution in [0.3, 0.4) is 0 Å². The standard InChI is InChI=1S/C11H9Cl2N/c1-7-2-3-8-6-9(11(12)13)4-5-10(8)14-7/h2-6,11H,1H3. The molecule has 0 atom stereocenters. The van der Waals surface area contributed by atoms with Crippen molar-refractivity contribution < 1.29 is 0 Å². The Hall–Kier alpha value is -0.790. The lowest BCUT2D eigenvalue weighted by atomic mass is 10.1. The molecule has 1 nitrogen and oxygen atoms in total. The third-order valence-electron chi connectivity index (χ3n) is 2.10. The molecule has 2 aromatic rings. The first-order valence-electron chi connectivity index (χ1n) is 4.32. The van der Waals surface area contributed by atoms with Crippen LogP contribution in [0.5, 0.6) is 0 Å². The molecule has 0 N–H and O–H groups in total. The van der Waals surface area contributed by atoms with Gasteiger partial charge in [0.25, 0.3) is 0 Å². The zero-order chi connectivity index (χ0) is 10.1. The van der Waals surface area contributed by atoms with Crippen molar-refractivity contribution in [2.45, 2.75) is 11.8 Å². The fourth-order valence-electron chi connectivity index (χ4n) is 1.38. The van der Waals surface area contributed by atoms with Crippen molar-refractivity contribution in [2.75, 3.05) is 0 Å². The van der Waals surface area contributed by atoms with Gasteiger partial charge in [0.15, 0.2) is 0 Å². The van der Waals surface area contributed by atoms with Crippen LogP contribution in [-0.2, 0) is 0 Å². The van der Waals surface area contributed by atoms with Gasteiger partial charge in [-0.15, -0.1) is 23.2 Å². The minimum Gasteiger partial charge on any atom is -0.253 e. The van der Waals surface area contributed by atoms with Gasteiger partial charge in [-0.05, 0) is 30.7 Å². The predicted octanol–water partition coefficient (Wildman–Crippen LogP) is 4.02. The maximum Gasteiger partial charge on any atom is 0.132 e. The molecule has 2 rings (SSSR count). The summed E-state index contributed by atoms with van der Waals surface area (Å²) in [4.78, 5) is 3.92. The van der Waals surface area contributed by atoms with Gasteiger partial charge in [0.05, 0.1) is 5.52 Å². The lowest BCUT2D eigenvalue weighted by Gasteiger charge is -2.03. The van der Waals surface area contributed by atoms with Crippen molar-refractivity contribution in [1.29, 1.82) is 0 Å². The fourth-order valence-corrected chi connectivity index (χ4v) is 1.65. The minimum absolute atomic E-state index is 0.472. The van der Waals surface area contributed by atoms with E-state index < -0.39 is 4.84 Å². The molecule has 1 aromatic carbocycles. The molecule has 0 amide bonds. The topological polar surface area (TPSA) is 12.9 Å². The number of aryl methyl sites for hydroxylation is 1. The molecular weight excluding hydrogens is 217 g/mol. The van der Waals surface area contributed by atoms with Crippen LogP contribution < -0.4 is 0 Å². The quantitative estimate of drug-likeness (QED) is 0.669. The number of hydrogen-bond acceptors (Lipinski definition) is 1. The zero-order valence-electron chi connectivity index (χ0n) is 7.67. The molecule has 3 heteroatoms. The van der Waals surface area contributed by atoms with Gasteiger partial charge in [-0.2, -0.15) is 0 Å². The molecule has 0 aliphatic rings. The van der Waals surface area contributed by atoms with E-state index in [2.05, 4.69) is 4.98 Å². The number of hydrogen-bond donors (Lipinski definition) is 0. The Morgan fingerprint density at radius 1 is 1.14 bits per heavy atom. The number of halogens is 2. The Kier molecular flexibility index (Phi) is 2.62. The summed E-state index contributed by atoms with van der Waals surface area (Å²) >= 11 is 11.6. The van der Waals surface area contributed by atoms with Gasteiger partial charge in [-0.3, -0.25) is 4.98 Å². The van der Waals surface area contributed by atoms with Crippen molar-refractivity contribution in [1.82, 2.24) is 4.98 Å². The molecule has 0 unspecified atom stereocenters. The highest BCUT2D eigenvalue weighted by Crippen LogP contribution is 2.27. The summed E-state index contributed by atoms with van der Waals surface area (Å²) in [7, 11) is 0. The van der Waals surface area contributed by atoms with Gasteiger partial charge in [-0.1, -0.05) is 12.1 Å². The molecule has 0 saturated carbocycles. The van der Waals surface area contributed by atoms with Crippen LogP contribution >= 0.6 is 23.2 Å². The zero-order valence-corrected chi connectivity index (χ0v) is 9.18. The maximum absolute atomic E-state index is 5.78. The second-order valence-corrected chi connectivity index (χ2v) is 4.30. The average Bonchev–Trinajstić information content (AvgIpc) is 2.16. The maximum atomic E-state index is 5.78. The van der Waals surface area contributed by atoms with E-state index in [0.29, 0.717) is 0 Å². The van der Waals surface area contributed by atoms with Gasteiger partial charge in [0.1, 0.15) is 4.84 Å². The summed E-state index contributed by atoms with van der Waals surface area (Å²) in [5.74, 6) is 0. The van der Waals surface area contributed by atoms with Crippen molar-refractivity contribution in [3.8, 4) is 0 Å². The lowest BCUT2D eigenvalue weighted by Crippen LogP contribution is -1.86. The van der Waals surface area contributed by atoms with E-state index in [4.69, 9.17) is 23.2 Å². The number of alkyl halides is 2. The summed E-state index contributed by atoms with van der Waals surface area (Å²) in [6.45, 7) is 1.97. The largest absolute Gasteiger partial charge is 0.253 e. The normalized spacial score (nSPS) is 11.1. The minimum atomic E-state index is -0.472. The Bertz CT molecular complexity index is 466. The van der Waals surface area contributed by atoms with Crippen LogP contribution in [0, 0.1) is 6.92 Å². The second kappa shape index (κ2) is 3.76. The van der Waals surface area contributed by atoms with E-state index in [9.17, 15) is 0 Å². The van der Waals surface area contributed by atoms with Gasteiger partial charge < -0.3 is 0 Å². The molecule has 0 aliphatic carbocycles. The highest BCUT2D eigenvalue weighted by Gasteiger charge is 2.04. The van der Waals surface area contributed by atoms with E-state index in [0.717, 1.165) is 22.2 Å². The number of benzene rings is 1. The van der Waals surface area contributed by atoms with Gasteiger partial charge in [-0.25, -0.2) is 0 Å². The molecule has 1 heterocycles. The number of aromatic nitrogens is 1. The summed E-state index contributed by atoms with van der Waals surface area (Å²) in [5, 5.41) is 1.07. The average molecular weight is 226 g/mol. The summed E-state index contributed by atoms with van der Waals surface area (Å²) in [6, 6.07) is 9.81. The van der Waals surface area contributed by atoms with Crippen molar-refractivity contribution in [3.63, 3.8) is 0 Å². The Balaban J connectivity index is 2.62. The summed E-state index contributed by atoms with van der Waals surface area (Å²) < 4.78 is 0. The Labute approximate surface area is 92.7 Å². The molecule has 0 aliphatic heterocycles. The highest BCUT2D eigenvalue weighted by molar-refractivity contribution is 6.44. The lowest BCUT2D eigenvalue weighted by molar-refractivity contribution is 1.25. The van der Waals surface area contributed by atoms with Crippen LogP contribution in [0.1, 0.15) is 16.1 Å². The first-order chi connectivity index (χ1) is 6.66. The second-order valence-electron chi connectivity index (χ2n) is 3.21. The molecule has 14 heavy (non-hydrogen) atoms. The smallest absolute Gasteiger partial charge is 0.132 e. The third kappa shape index (κ3) is 1.84. The number of pyridine rings is 1.